The van der Waals surface area contributed by atoms with Gasteiger partial charge in [-0.15, -0.1) is 0 Å². The molecule has 5 heteroatoms. The number of hydrogen-bond acceptors (Lipinski definition) is 3. The Morgan fingerprint density at radius 2 is 1.56 bits per heavy atom. The van der Waals surface area contributed by atoms with Gasteiger partial charge in [-0.2, -0.15) is 0 Å². The van der Waals surface area contributed by atoms with E-state index in [1.807, 2.05) is 76.2 Å². The van der Waals surface area contributed by atoms with Gasteiger partial charge in [0.2, 0.25) is 11.8 Å². The lowest BCUT2D eigenvalue weighted by Crippen LogP contribution is -2.60. The molecule has 5 nitrogen and oxygen atoms in total. The largest absolute Gasteiger partial charge is 0.363 e. The van der Waals surface area contributed by atoms with Gasteiger partial charge in [0.25, 0.3) is 0 Å². The molecule has 0 bridgehead atoms. The smallest absolute Gasteiger partial charge is 0.250 e. The molecule has 1 heterocycles. The normalized spacial score (nSPS) is 30.0. The number of nitrogens with zero attached hydrogens (tertiary/aromatic N) is 1. The van der Waals surface area contributed by atoms with E-state index in [1.54, 1.807) is 4.90 Å². The molecule has 232 valence electrons. The van der Waals surface area contributed by atoms with Gasteiger partial charge in [0.05, 0.1) is 17.6 Å². The molecule has 5 rings (SSSR count). The highest BCUT2D eigenvalue weighted by atomic mass is 16.5. The monoisotopic (exact) mass is 584 g/mol. The van der Waals surface area contributed by atoms with E-state index in [2.05, 4.69) is 46.0 Å². The van der Waals surface area contributed by atoms with Gasteiger partial charge in [-0.1, -0.05) is 69.7 Å². The molecule has 1 spiro atoms. The number of amides is 2. The fraction of sp³-hybridized carbons (Fsp3) is 0.579. The number of carbonyl (C=O) groups excluding carboxylic acids is 2. The number of anilines is 2. The summed E-state index contributed by atoms with van der Waals surface area (Å²) in [4.78, 5) is 30.2. The zero-order chi connectivity index (χ0) is 31.4. The molecule has 2 aromatic carbocycles. The second-order valence-corrected chi connectivity index (χ2v) is 15.3. The first-order chi connectivity index (χ1) is 20.1. The fourth-order valence-corrected chi connectivity index (χ4v) is 9.00. The number of rotatable bonds is 6. The van der Waals surface area contributed by atoms with Crippen LogP contribution in [0.25, 0.3) is 0 Å². The van der Waals surface area contributed by atoms with Crippen LogP contribution in [0.2, 0.25) is 0 Å². The van der Waals surface area contributed by atoms with Crippen LogP contribution in [0, 0.1) is 30.6 Å². The summed E-state index contributed by atoms with van der Waals surface area (Å²) in [6.45, 7) is 19.3. The van der Waals surface area contributed by atoms with E-state index in [1.165, 1.54) is 18.4 Å². The van der Waals surface area contributed by atoms with Crippen molar-refractivity contribution in [1.82, 2.24) is 0 Å². The molecule has 1 aliphatic heterocycles. The number of nitrogens with one attached hydrogen (secondary N) is 1. The van der Waals surface area contributed by atoms with Crippen molar-refractivity contribution in [2.45, 2.75) is 124 Å². The Balaban J connectivity index is 1.45. The molecule has 0 aromatic heterocycles. The number of benzene rings is 2. The molecule has 2 fully saturated rings. The average Bonchev–Trinajstić information content (AvgIpc) is 3.28. The van der Waals surface area contributed by atoms with Crippen LogP contribution in [-0.2, 0) is 14.3 Å². The number of aryl methyl sites for hydroxylation is 2. The average molecular weight is 585 g/mol. The number of para-hydroxylation sites is 2. The summed E-state index contributed by atoms with van der Waals surface area (Å²) in [7, 11) is 0. The Hall–Kier alpha value is -2.92. The van der Waals surface area contributed by atoms with Crippen LogP contribution in [-0.4, -0.2) is 28.6 Å². The first-order valence-corrected chi connectivity index (χ1v) is 16.2. The molecule has 1 N–H and O–H groups in total. The lowest BCUT2D eigenvalue weighted by Gasteiger charge is -2.61. The van der Waals surface area contributed by atoms with E-state index in [0.29, 0.717) is 11.6 Å². The highest BCUT2D eigenvalue weighted by Gasteiger charge is 2.64. The minimum Gasteiger partial charge on any atom is -0.363 e. The van der Waals surface area contributed by atoms with Crippen molar-refractivity contribution in [1.29, 1.82) is 0 Å². The zero-order valence-electron chi connectivity index (χ0n) is 27.9. The lowest BCUT2D eigenvalue weighted by atomic mass is 9.46. The summed E-state index contributed by atoms with van der Waals surface area (Å²) < 4.78 is 7.30. The standard InChI is InChI=1S/C38H52N2O3/c1-26-15-13-16-27(2)32(26)39-33(42)35(6,7)40(29-17-11-10-12-18-29)31(41)25-36(8)23-24-38(43-36)28(3)19-20-30-34(4,5)21-14-22-37(30,38)9/h10-13,15-19,30H,14,20-25H2,1-9H3,(H,39,42)/t30-,36-,37-,38+/m0/s1. The topological polar surface area (TPSA) is 58.6 Å². The van der Waals surface area contributed by atoms with Crippen molar-refractivity contribution < 1.29 is 14.3 Å². The number of fused-ring (bicyclic) bond motifs is 2. The van der Waals surface area contributed by atoms with Crippen molar-refractivity contribution in [2.75, 3.05) is 10.2 Å². The Bertz CT molecular complexity index is 1410. The molecular formula is C38H52N2O3. The summed E-state index contributed by atoms with van der Waals surface area (Å²) >= 11 is 0. The summed E-state index contributed by atoms with van der Waals surface area (Å²) in [6.07, 6.45) is 9.07. The van der Waals surface area contributed by atoms with Gasteiger partial charge < -0.3 is 10.1 Å². The Labute approximate surface area is 259 Å². The van der Waals surface area contributed by atoms with E-state index in [4.69, 9.17) is 4.74 Å². The summed E-state index contributed by atoms with van der Waals surface area (Å²) in [5.41, 5.74) is 2.95. The number of allylic oxidation sites excluding steroid dienone is 1. The van der Waals surface area contributed by atoms with Gasteiger partial charge in [-0.3, -0.25) is 14.5 Å². The minimum atomic E-state index is -1.15. The molecule has 4 atom stereocenters. The summed E-state index contributed by atoms with van der Waals surface area (Å²) in [5, 5.41) is 3.15. The third-order valence-electron chi connectivity index (χ3n) is 11.5. The summed E-state index contributed by atoms with van der Waals surface area (Å²) in [5.74, 6) is 0.223. The van der Waals surface area contributed by atoms with Gasteiger partial charge in [0, 0.05) is 16.8 Å². The van der Waals surface area contributed by atoms with Crippen LogP contribution in [0.15, 0.2) is 60.2 Å². The Morgan fingerprint density at radius 3 is 2.21 bits per heavy atom. The Morgan fingerprint density at radius 1 is 0.907 bits per heavy atom. The van der Waals surface area contributed by atoms with Gasteiger partial charge >= 0.3 is 0 Å². The van der Waals surface area contributed by atoms with Crippen LogP contribution >= 0.6 is 0 Å². The van der Waals surface area contributed by atoms with E-state index in [-0.39, 0.29) is 34.7 Å². The van der Waals surface area contributed by atoms with Gasteiger partial charge in [-0.05, 0) is 114 Å². The fourth-order valence-electron chi connectivity index (χ4n) is 9.00. The van der Waals surface area contributed by atoms with E-state index >= 15 is 0 Å². The van der Waals surface area contributed by atoms with Crippen molar-refractivity contribution in [2.24, 2.45) is 16.7 Å². The predicted octanol–water partition coefficient (Wildman–Crippen LogP) is 8.93. The van der Waals surface area contributed by atoms with Crippen molar-refractivity contribution in [3.63, 3.8) is 0 Å². The van der Waals surface area contributed by atoms with Crippen LogP contribution in [0.3, 0.4) is 0 Å². The third kappa shape index (κ3) is 5.26. The van der Waals surface area contributed by atoms with Crippen LogP contribution in [0.1, 0.15) is 105 Å². The molecule has 0 radical (unpaired) electrons. The lowest BCUT2D eigenvalue weighted by molar-refractivity contribution is -0.190. The van der Waals surface area contributed by atoms with E-state index in [9.17, 15) is 9.59 Å². The van der Waals surface area contributed by atoms with Crippen LogP contribution in [0.5, 0.6) is 0 Å². The molecule has 0 unspecified atom stereocenters. The molecule has 1 saturated carbocycles. The first kappa shape index (κ1) is 31.5. The molecule has 43 heavy (non-hydrogen) atoms. The SMILES string of the molecule is CC1=CC[C@H]2C(C)(C)CCC[C@]2(C)[C@@]12CC[C@@](C)(CC(=O)N(c1ccccc1)C(C)(C)C(=O)Nc1c(C)cccc1C)O2. The van der Waals surface area contributed by atoms with Gasteiger partial charge in [0.15, 0.2) is 0 Å². The third-order valence-corrected chi connectivity index (χ3v) is 11.5. The zero-order valence-corrected chi connectivity index (χ0v) is 27.9. The molecule has 2 aliphatic carbocycles. The van der Waals surface area contributed by atoms with Crippen molar-refractivity contribution in [3.8, 4) is 0 Å². The van der Waals surface area contributed by atoms with E-state index < -0.39 is 11.1 Å². The number of carbonyl (C=O) groups is 2. The van der Waals surface area contributed by atoms with Gasteiger partial charge in [0.1, 0.15) is 5.54 Å². The molecule has 3 aliphatic rings. The molecule has 1 saturated heterocycles. The molecular weight excluding hydrogens is 532 g/mol. The van der Waals surface area contributed by atoms with Crippen LogP contribution < -0.4 is 10.2 Å². The predicted molar refractivity (Wildman–Crippen MR) is 176 cm³/mol. The van der Waals surface area contributed by atoms with E-state index in [0.717, 1.165) is 42.5 Å². The maximum absolute atomic E-state index is 14.5. The maximum Gasteiger partial charge on any atom is 0.250 e. The molecule has 2 amide bonds. The number of ether oxygens (including phenoxy) is 1. The second kappa shape index (κ2) is 10.9. The van der Waals surface area contributed by atoms with Crippen LogP contribution in [0.4, 0.5) is 11.4 Å². The first-order valence-electron chi connectivity index (χ1n) is 16.2. The highest BCUT2D eigenvalue weighted by Crippen LogP contribution is 2.66. The minimum absolute atomic E-state index is 0.0259. The second-order valence-electron chi connectivity index (χ2n) is 15.3. The quantitative estimate of drug-likeness (QED) is 0.345. The van der Waals surface area contributed by atoms with Crippen molar-refractivity contribution >= 4 is 23.2 Å². The number of hydrogen-bond donors (Lipinski definition) is 1. The highest BCUT2D eigenvalue weighted by molar-refractivity contribution is 6.08. The van der Waals surface area contributed by atoms with Gasteiger partial charge in [-0.25, -0.2) is 0 Å². The Kier molecular flexibility index (Phi) is 7.99. The van der Waals surface area contributed by atoms with Crippen molar-refractivity contribution in [3.05, 3.63) is 71.3 Å². The molecule has 2 aromatic rings. The maximum atomic E-state index is 14.5. The summed E-state index contributed by atoms with van der Waals surface area (Å²) in [6, 6.07) is 15.6.